The Bertz CT molecular complexity index is 3240. The molecule has 0 fully saturated rings. The Hall–Kier alpha value is -7.42. The van der Waals surface area contributed by atoms with Gasteiger partial charge in [0.05, 0.1) is 16.8 Å². The summed E-state index contributed by atoms with van der Waals surface area (Å²) in [7, 11) is 0. The minimum absolute atomic E-state index is 0.861. The van der Waals surface area contributed by atoms with Gasteiger partial charge in [0.15, 0.2) is 0 Å². The van der Waals surface area contributed by atoms with E-state index in [1.54, 1.807) is 0 Å². The molecule has 0 unspecified atom stereocenters. The molecule has 0 atom stereocenters. The molecule has 0 amide bonds. The second-order valence-electron chi connectivity index (χ2n) is 14.4. The number of benzene rings is 10. The Labute approximate surface area is 325 Å². The minimum Gasteiger partial charge on any atom is -0.456 e. The van der Waals surface area contributed by atoms with E-state index in [4.69, 9.17) is 4.42 Å². The van der Waals surface area contributed by atoms with Crippen LogP contribution in [0.1, 0.15) is 0 Å². The number of nitrogens with zero attached hydrogens (tertiary/aromatic N) is 1. The standard InChI is InChI=1S/C54H35NO/c1-2-14-37(15-3-1)45-33-30-40(43-24-12-18-36-16-4-6-19-42(36)43)35-51(45)55(50-25-13-27-53-54(50)48-23-10-11-26-52(48)56-53)41-31-28-38(29-32-41)49-34-39-17-5-7-20-44(39)46-21-8-9-22-47(46)49/h1-35H. The van der Waals surface area contributed by atoms with Crippen molar-refractivity contribution >= 4 is 71.3 Å². The minimum atomic E-state index is 0.861. The van der Waals surface area contributed by atoms with Gasteiger partial charge in [-0.05, 0) is 103 Å². The van der Waals surface area contributed by atoms with Crippen LogP contribution in [-0.2, 0) is 0 Å². The summed E-state index contributed by atoms with van der Waals surface area (Å²) in [4.78, 5) is 2.43. The molecule has 2 nitrogen and oxygen atoms in total. The van der Waals surface area contributed by atoms with Gasteiger partial charge in [-0.15, -0.1) is 0 Å². The first-order valence-corrected chi connectivity index (χ1v) is 19.2. The molecule has 0 aliphatic rings. The summed E-state index contributed by atoms with van der Waals surface area (Å²) in [6, 6.07) is 76.6. The van der Waals surface area contributed by atoms with E-state index in [1.807, 2.05) is 6.07 Å². The fourth-order valence-electron chi connectivity index (χ4n) is 8.66. The van der Waals surface area contributed by atoms with E-state index in [0.717, 1.165) is 55.7 Å². The molecule has 2 heteroatoms. The average Bonchev–Trinajstić information content (AvgIpc) is 3.66. The van der Waals surface area contributed by atoms with Crippen molar-refractivity contribution in [3.05, 3.63) is 212 Å². The highest BCUT2D eigenvalue weighted by Crippen LogP contribution is 2.48. The number of hydrogen-bond donors (Lipinski definition) is 0. The molecular weight excluding hydrogens is 679 g/mol. The molecule has 1 aromatic heterocycles. The van der Waals surface area contributed by atoms with Gasteiger partial charge in [0.1, 0.15) is 11.2 Å². The van der Waals surface area contributed by atoms with Crippen LogP contribution in [0, 0.1) is 0 Å². The maximum atomic E-state index is 6.50. The van der Waals surface area contributed by atoms with Crippen molar-refractivity contribution in [3.8, 4) is 33.4 Å². The summed E-state index contributed by atoms with van der Waals surface area (Å²) in [5, 5.41) is 9.66. The van der Waals surface area contributed by atoms with Crippen molar-refractivity contribution in [1.82, 2.24) is 0 Å². The number of furan rings is 1. The Morgan fingerprint density at radius 2 is 0.911 bits per heavy atom. The highest BCUT2D eigenvalue weighted by atomic mass is 16.3. The molecule has 0 spiro atoms. The topological polar surface area (TPSA) is 16.4 Å². The summed E-state index contributed by atoms with van der Waals surface area (Å²) in [5.41, 5.74) is 12.0. The Morgan fingerprint density at radius 3 is 1.75 bits per heavy atom. The zero-order valence-electron chi connectivity index (χ0n) is 30.6. The highest BCUT2D eigenvalue weighted by Gasteiger charge is 2.23. The number of hydrogen-bond acceptors (Lipinski definition) is 2. The van der Waals surface area contributed by atoms with Gasteiger partial charge in [-0.2, -0.15) is 0 Å². The summed E-state index contributed by atoms with van der Waals surface area (Å²) in [5.74, 6) is 0. The lowest BCUT2D eigenvalue weighted by Gasteiger charge is -2.29. The van der Waals surface area contributed by atoms with E-state index >= 15 is 0 Å². The molecule has 0 bridgehead atoms. The van der Waals surface area contributed by atoms with Crippen molar-refractivity contribution in [2.45, 2.75) is 0 Å². The molecule has 0 saturated heterocycles. The Balaban J connectivity index is 1.18. The summed E-state index contributed by atoms with van der Waals surface area (Å²) in [6.07, 6.45) is 0. The molecule has 0 aliphatic carbocycles. The maximum absolute atomic E-state index is 6.50. The number of rotatable bonds is 6. The van der Waals surface area contributed by atoms with Gasteiger partial charge < -0.3 is 9.32 Å². The van der Waals surface area contributed by atoms with Gasteiger partial charge in [0.25, 0.3) is 0 Å². The molecule has 56 heavy (non-hydrogen) atoms. The molecule has 262 valence electrons. The normalized spacial score (nSPS) is 11.6. The fraction of sp³-hybridized carbons (Fsp3) is 0. The zero-order chi connectivity index (χ0) is 37.0. The van der Waals surface area contributed by atoms with E-state index in [2.05, 4.69) is 211 Å². The zero-order valence-corrected chi connectivity index (χ0v) is 30.6. The van der Waals surface area contributed by atoms with Crippen LogP contribution in [0.4, 0.5) is 17.1 Å². The van der Waals surface area contributed by atoms with Crippen molar-refractivity contribution < 1.29 is 4.42 Å². The third kappa shape index (κ3) is 5.26. The Kier molecular flexibility index (Phi) is 7.53. The molecule has 0 aliphatic heterocycles. The lowest BCUT2D eigenvalue weighted by Crippen LogP contribution is -2.12. The molecular formula is C54H35NO. The number of anilines is 3. The van der Waals surface area contributed by atoms with E-state index in [9.17, 15) is 0 Å². The third-order valence-electron chi connectivity index (χ3n) is 11.3. The van der Waals surface area contributed by atoms with E-state index < -0.39 is 0 Å². The van der Waals surface area contributed by atoms with Crippen LogP contribution in [-0.4, -0.2) is 0 Å². The van der Waals surface area contributed by atoms with E-state index in [0.29, 0.717) is 0 Å². The van der Waals surface area contributed by atoms with Crippen molar-refractivity contribution in [2.24, 2.45) is 0 Å². The van der Waals surface area contributed by atoms with Crippen LogP contribution in [0.25, 0.3) is 87.6 Å². The van der Waals surface area contributed by atoms with Gasteiger partial charge >= 0.3 is 0 Å². The van der Waals surface area contributed by atoms with Gasteiger partial charge in [-0.3, -0.25) is 0 Å². The van der Waals surface area contributed by atoms with Crippen molar-refractivity contribution in [1.29, 1.82) is 0 Å². The van der Waals surface area contributed by atoms with Crippen molar-refractivity contribution in [3.63, 3.8) is 0 Å². The predicted octanol–water partition coefficient (Wildman–Crippen LogP) is 15.5. The summed E-state index contributed by atoms with van der Waals surface area (Å²) < 4.78 is 6.50. The van der Waals surface area contributed by atoms with Crippen molar-refractivity contribution in [2.75, 3.05) is 4.90 Å². The smallest absolute Gasteiger partial charge is 0.137 e. The monoisotopic (exact) mass is 713 g/mol. The Morgan fingerprint density at radius 1 is 0.304 bits per heavy atom. The van der Waals surface area contributed by atoms with Gasteiger partial charge in [0, 0.05) is 16.6 Å². The molecule has 0 N–H and O–H groups in total. The van der Waals surface area contributed by atoms with Gasteiger partial charge in [0.2, 0.25) is 0 Å². The predicted molar refractivity (Wildman–Crippen MR) is 237 cm³/mol. The molecule has 0 radical (unpaired) electrons. The molecule has 0 saturated carbocycles. The number of para-hydroxylation sites is 1. The second-order valence-corrected chi connectivity index (χ2v) is 14.4. The quantitative estimate of drug-likeness (QED) is 0.160. The van der Waals surface area contributed by atoms with Gasteiger partial charge in [-0.1, -0.05) is 170 Å². The van der Waals surface area contributed by atoms with Gasteiger partial charge in [-0.25, -0.2) is 0 Å². The van der Waals surface area contributed by atoms with Crippen LogP contribution in [0.15, 0.2) is 217 Å². The van der Waals surface area contributed by atoms with Crippen LogP contribution in [0.3, 0.4) is 0 Å². The summed E-state index contributed by atoms with van der Waals surface area (Å²) >= 11 is 0. The first-order chi connectivity index (χ1) is 27.8. The highest BCUT2D eigenvalue weighted by molar-refractivity contribution is 6.15. The fourth-order valence-corrected chi connectivity index (χ4v) is 8.66. The lowest BCUT2D eigenvalue weighted by atomic mass is 9.92. The molecule has 1 heterocycles. The second kappa shape index (κ2) is 13.2. The number of fused-ring (bicyclic) bond motifs is 7. The van der Waals surface area contributed by atoms with Crippen LogP contribution < -0.4 is 4.90 Å². The first kappa shape index (κ1) is 32.0. The van der Waals surface area contributed by atoms with Crippen LogP contribution >= 0.6 is 0 Å². The SMILES string of the molecule is c1ccc(-c2ccc(-c3cccc4ccccc34)cc2N(c2ccc(-c3cc4ccccc4c4ccccc34)cc2)c2cccc3oc4ccccc4c23)cc1. The third-order valence-corrected chi connectivity index (χ3v) is 11.3. The van der Waals surface area contributed by atoms with Crippen LogP contribution in [0.5, 0.6) is 0 Å². The van der Waals surface area contributed by atoms with E-state index in [1.165, 1.54) is 49.0 Å². The first-order valence-electron chi connectivity index (χ1n) is 19.2. The molecule has 10 aromatic carbocycles. The molecule has 11 rings (SSSR count). The summed E-state index contributed by atoms with van der Waals surface area (Å²) in [6.45, 7) is 0. The average molecular weight is 714 g/mol. The lowest BCUT2D eigenvalue weighted by molar-refractivity contribution is 0.669. The maximum Gasteiger partial charge on any atom is 0.137 e. The largest absolute Gasteiger partial charge is 0.456 e. The van der Waals surface area contributed by atoms with Crippen LogP contribution in [0.2, 0.25) is 0 Å². The molecule has 11 aromatic rings. The van der Waals surface area contributed by atoms with E-state index in [-0.39, 0.29) is 0 Å².